The number of benzene rings is 1. The van der Waals surface area contributed by atoms with Gasteiger partial charge in [-0.15, -0.1) is 6.42 Å². The molecule has 1 amide bonds. The summed E-state index contributed by atoms with van der Waals surface area (Å²) in [6.07, 6.45) is 6.29. The van der Waals surface area contributed by atoms with Crippen LogP contribution < -0.4 is 10.1 Å². The van der Waals surface area contributed by atoms with Gasteiger partial charge in [-0.2, -0.15) is 8.78 Å². The number of fused-ring (bicyclic) bond motifs is 2. The highest BCUT2D eigenvalue weighted by molar-refractivity contribution is 5.95. The van der Waals surface area contributed by atoms with Crippen LogP contribution in [0.3, 0.4) is 0 Å². The van der Waals surface area contributed by atoms with E-state index in [-0.39, 0.29) is 18.2 Å². The summed E-state index contributed by atoms with van der Waals surface area (Å²) in [5, 5.41) is 13.2. The lowest BCUT2D eigenvalue weighted by Gasteiger charge is -2.46. The van der Waals surface area contributed by atoms with Crippen molar-refractivity contribution in [3.8, 4) is 18.1 Å². The minimum atomic E-state index is -3.32. The van der Waals surface area contributed by atoms with Crippen LogP contribution in [-0.2, 0) is 23.4 Å². The number of aromatic nitrogens is 1. The SMILES string of the molecule is C#CC(F)(F)c1ccc2n1CCNC21CCN(C(=O)c2ccc(C(C)(C)CO)c(OC)c2)CC1. The molecule has 182 valence electrons. The number of nitrogens with one attached hydrogen (secondary N) is 1. The van der Waals surface area contributed by atoms with E-state index in [1.807, 2.05) is 19.9 Å². The highest BCUT2D eigenvalue weighted by atomic mass is 19.3. The molecule has 2 N–H and O–H groups in total. The predicted octanol–water partition coefficient (Wildman–Crippen LogP) is 3.23. The van der Waals surface area contributed by atoms with Crippen LogP contribution in [0.15, 0.2) is 30.3 Å². The third-order valence-electron chi connectivity index (χ3n) is 7.25. The van der Waals surface area contributed by atoms with Crippen LogP contribution in [-0.4, -0.2) is 53.8 Å². The molecule has 2 aliphatic rings. The zero-order chi connectivity index (χ0) is 24.7. The molecule has 2 aliphatic heterocycles. The highest BCUT2D eigenvalue weighted by Gasteiger charge is 2.44. The number of nitrogens with zero attached hydrogens (tertiary/aromatic N) is 2. The van der Waals surface area contributed by atoms with E-state index in [4.69, 9.17) is 11.2 Å². The molecule has 3 heterocycles. The Kier molecular flexibility index (Phi) is 6.21. The van der Waals surface area contributed by atoms with Gasteiger partial charge in [0.1, 0.15) is 11.4 Å². The van der Waals surface area contributed by atoms with Gasteiger partial charge in [0, 0.05) is 48.4 Å². The van der Waals surface area contributed by atoms with Crippen LogP contribution in [0.25, 0.3) is 0 Å². The van der Waals surface area contributed by atoms with Crippen LogP contribution >= 0.6 is 0 Å². The Balaban J connectivity index is 1.53. The van der Waals surface area contributed by atoms with Gasteiger partial charge in [0.05, 0.1) is 19.3 Å². The van der Waals surface area contributed by atoms with E-state index in [2.05, 4.69) is 5.32 Å². The first-order chi connectivity index (χ1) is 16.1. The van der Waals surface area contributed by atoms with Crippen LogP contribution in [0.2, 0.25) is 0 Å². The molecule has 0 saturated carbocycles. The molecule has 0 atom stereocenters. The maximum atomic E-state index is 14.2. The van der Waals surface area contributed by atoms with E-state index in [0.29, 0.717) is 50.3 Å². The van der Waals surface area contributed by atoms with Crippen molar-refractivity contribution in [1.29, 1.82) is 0 Å². The Morgan fingerprint density at radius 3 is 2.56 bits per heavy atom. The topological polar surface area (TPSA) is 66.7 Å². The minimum absolute atomic E-state index is 0.0470. The molecule has 6 nitrogen and oxygen atoms in total. The Bertz CT molecular complexity index is 1120. The van der Waals surface area contributed by atoms with E-state index in [0.717, 1.165) is 11.3 Å². The fourth-order valence-corrected chi connectivity index (χ4v) is 5.15. The standard InChI is InChI=1S/C26H31F2N3O3/c1-5-26(27,28)22-9-8-21-25(29-12-15-31(21)22)10-13-30(14-11-25)23(33)18-6-7-19(20(16-18)34-4)24(2,3)17-32/h1,6-9,16,29,32H,10-15,17H2,2-4H3. The number of amides is 1. The fraction of sp³-hybridized carbons (Fsp3) is 0.500. The summed E-state index contributed by atoms with van der Waals surface area (Å²) in [5.74, 6) is -1.26. The number of aliphatic hydroxyl groups excluding tert-OH is 1. The first kappa shape index (κ1) is 24.2. The number of rotatable bonds is 5. The van der Waals surface area contributed by atoms with Crippen LogP contribution in [0.1, 0.15) is 54.0 Å². The number of methoxy groups -OCH3 is 1. The predicted molar refractivity (Wildman–Crippen MR) is 125 cm³/mol. The van der Waals surface area contributed by atoms with Crippen LogP contribution in [0.5, 0.6) is 5.75 Å². The molecule has 1 fully saturated rings. The number of hydrogen-bond acceptors (Lipinski definition) is 4. The zero-order valence-corrected chi connectivity index (χ0v) is 19.8. The summed E-state index contributed by atoms with van der Waals surface area (Å²) in [6.45, 7) is 5.74. The lowest BCUT2D eigenvalue weighted by Crippen LogP contribution is -2.56. The summed E-state index contributed by atoms with van der Waals surface area (Å²) >= 11 is 0. The summed E-state index contributed by atoms with van der Waals surface area (Å²) in [5.41, 5.74) is 1.03. The number of piperidine rings is 1. The van der Waals surface area contributed by atoms with Crippen molar-refractivity contribution in [2.75, 3.05) is 33.4 Å². The van der Waals surface area contributed by atoms with E-state index in [1.165, 1.54) is 6.07 Å². The van der Waals surface area contributed by atoms with Gasteiger partial charge in [0.2, 0.25) is 0 Å². The molecule has 2 aromatic rings. The molecule has 0 radical (unpaired) electrons. The van der Waals surface area contributed by atoms with Crippen molar-refractivity contribution in [2.45, 2.75) is 50.1 Å². The number of ether oxygens (including phenoxy) is 1. The summed E-state index contributed by atoms with van der Waals surface area (Å²) in [4.78, 5) is 15.1. The smallest absolute Gasteiger partial charge is 0.347 e. The number of carbonyl (C=O) groups excluding carboxylic acids is 1. The lowest BCUT2D eigenvalue weighted by molar-refractivity contribution is 0.0491. The van der Waals surface area contributed by atoms with E-state index < -0.39 is 16.9 Å². The molecule has 34 heavy (non-hydrogen) atoms. The molecule has 1 spiro atoms. The average Bonchev–Trinajstić information content (AvgIpc) is 3.30. The number of aliphatic hydroxyl groups is 1. The van der Waals surface area contributed by atoms with Crippen molar-refractivity contribution in [1.82, 2.24) is 14.8 Å². The molecule has 1 aromatic heterocycles. The van der Waals surface area contributed by atoms with Crippen LogP contribution in [0.4, 0.5) is 8.78 Å². The van der Waals surface area contributed by atoms with Crippen molar-refractivity contribution in [3.05, 3.63) is 52.8 Å². The number of hydrogen-bond donors (Lipinski definition) is 2. The highest BCUT2D eigenvalue weighted by Crippen LogP contribution is 2.40. The molecule has 0 aliphatic carbocycles. The fourth-order valence-electron chi connectivity index (χ4n) is 5.15. The zero-order valence-electron chi connectivity index (χ0n) is 19.8. The van der Waals surface area contributed by atoms with Gasteiger partial charge in [-0.25, -0.2) is 0 Å². The first-order valence-corrected chi connectivity index (χ1v) is 11.5. The third kappa shape index (κ3) is 3.97. The summed E-state index contributed by atoms with van der Waals surface area (Å²) < 4.78 is 35.6. The number of terminal acetylenes is 1. The monoisotopic (exact) mass is 471 g/mol. The summed E-state index contributed by atoms with van der Waals surface area (Å²) in [7, 11) is 1.55. The lowest BCUT2D eigenvalue weighted by atomic mass is 9.82. The van der Waals surface area contributed by atoms with Crippen LogP contribution in [0, 0.1) is 12.3 Å². The number of likely N-dealkylation sites (tertiary alicyclic amines) is 1. The normalized spacial score (nSPS) is 17.9. The van der Waals surface area contributed by atoms with Crippen molar-refractivity contribution in [2.24, 2.45) is 0 Å². The molecule has 0 unspecified atom stereocenters. The molecular weight excluding hydrogens is 440 g/mol. The van der Waals surface area contributed by atoms with Gasteiger partial charge in [-0.1, -0.05) is 19.9 Å². The molecule has 8 heteroatoms. The third-order valence-corrected chi connectivity index (χ3v) is 7.25. The van der Waals surface area contributed by atoms with Gasteiger partial charge in [-0.05, 0) is 43.0 Å². The molecule has 4 rings (SSSR count). The number of halogens is 2. The van der Waals surface area contributed by atoms with E-state index >= 15 is 0 Å². The molecule has 0 bridgehead atoms. The molecule has 1 aromatic carbocycles. The van der Waals surface area contributed by atoms with E-state index in [9.17, 15) is 18.7 Å². The summed E-state index contributed by atoms with van der Waals surface area (Å²) in [6, 6.07) is 8.47. The molecule has 1 saturated heterocycles. The van der Waals surface area contributed by atoms with Crippen molar-refractivity contribution < 1.29 is 23.4 Å². The Labute approximate surface area is 198 Å². The first-order valence-electron chi connectivity index (χ1n) is 11.5. The van der Waals surface area contributed by atoms with Crippen molar-refractivity contribution >= 4 is 5.91 Å². The Hall–Kier alpha value is -2.89. The second-order valence-corrected chi connectivity index (χ2v) is 9.73. The van der Waals surface area contributed by atoms with Gasteiger partial charge < -0.3 is 24.6 Å². The van der Waals surface area contributed by atoms with Gasteiger partial charge in [0.15, 0.2) is 0 Å². The maximum Gasteiger partial charge on any atom is 0.347 e. The van der Waals surface area contributed by atoms with Gasteiger partial charge in [-0.3, -0.25) is 4.79 Å². The van der Waals surface area contributed by atoms with Gasteiger partial charge >= 0.3 is 5.92 Å². The molecular formula is C26H31F2N3O3. The largest absolute Gasteiger partial charge is 0.496 e. The van der Waals surface area contributed by atoms with Crippen molar-refractivity contribution in [3.63, 3.8) is 0 Å². The quantitative estimate of drug-likeness (QED) is 0.658. The second kappa shape index (κ2) is 8.71. The number of alkyl halides is 2. The second-order valence-electron chi connectivity index (χ2n) is 9.73. The van der Waals surface area contributed by atoms with Gasteiger partial charge in [0.25, 0.3) is 5.91 Å². The maximum absolute atomic E-state index is 14.2. The Morgan fingerprint density at radius 2 is 1.94 bits per heavy atom. The number of carbonyl (C=O) groups is 1. The average molecular weight is 472 g/mol. The van der Waals surface area contributed by atoms with E-state index in [1.54, 1.807) is 40.7 Å². The Morgan fingerprint density at radius 1 is 1.24 bits per heavy atom. The minimum Gasteiger partial charge on any atom is -0.496 e.